The average Bonchev–Trinajstić information content (AvgIpc) is 2.47. The Morgan fingerprint density at radius 3 is 2.81 bits per heavy atom. The molecule has 0 aliphatic carbocycles. The molecular weight excluding hydrogens is 308 g/mol. The van der Waals surface area contributed by atoms with Crippen LogP contribution in [0.4, 0.5) is 0 Å². The van der Waals surface area contributed by atoms with Gasteiger partial charge in [0.15, 0.2) is 0 Å². The van der Waals surface area contributed by atoms with Gasteiger partial charge < -0.3 is 0 Å². The lowest BCUT2D eigenvalue weighted by molar-refractivity contribution is -0.118. The van der Waals surface area contributed by atoms with E-state index in [1.165, 1.54) is 36.0 Å². The SMILES string of the molecule is CCCCS[C@H](C)C(=O)NS(=O)(=O)c1cccc(C#N)c1. The Balaban J connectivity index is 2.75. The van der Waals surface area contributed by atoms with Crippen molar-refractivity contribution in [2.75, 3.05) is 5.75 Å². The van der Waals surface area contributed by atoms with Crippen molar-refractivity contribution in [2.45, 2.75) is 36.8 Å². The molecule has 1 aromatic carbocycles. The maximum Gasteiger partial charge on any atom is 0.264 e. The Morgan fingerprint density at radius 1 is 1.48 bits per heavy atom. The molecule has 0 aliphatic heterocycles. The first-order valence-electron chi connectivity index (χ1n) is 6.59. The molecule has 0 aromatic heterocycles. The first-order chi connectivity index (χ1) is 9.90. The third kappa shape index (κ3) is 5.40. The normalized spacial score (nSPS) is 12.4. The van der Waals surface area contributed by atoms with Gasteiger partial charge in [-0.15, -0.1) is 11.8 Å². The van der Waals surface area contributed by atoms with Crippen LogP contribution in [-0.4, -0.2) is 25.3 Å². The van der Waals surface area contributed by atoms with Gasteiger partial charge in [-0.1, -0.05) is 19.4 Å². The fourth-order valence-corrected chi connectivity index (χ4v) is 3.68. The van der Waals surface area contributed by atoms with E-state index < -0.39 is 21.2 Å². The monoisotopic (exact) mass is 326 g/mol. The molecule has 0 saturated heterocycles. The molecule has 21 heavy (non-hydrogen) atoms. The molecule has 7 heteroatoms. The standard InChI is InChI=1S/C14H18N2O3S2/c1-3-4-8-20-11(2)14(17)16-21(18,19)13-7-5-6-12(9-13)10-15/h5-7,9,11H,3-4,8H2,1-2H3,(H,16,17)/t11-/m1/s1. The molecule has 0 heterocycles. The van der Waals surface area contributed by atoms with E-state index in [1.54, 1.807) is 6.92 Å². The van der Waals surface area contributed by atoms with Crippen molar-refractivity contribution < 1.29 is 13.2 Å². The number of nitrogens with zero attached hydrogens (tertiary/aromatic N) is 1. The summed E-state index contributed by atoms with van der Waals surface area (Å²) in [6.45, 7) is 3.73. The number of amides is 1. The van der Waals surface area contributed by atoms with Crippen molar-refractivity contribution in [1.82, 2.24) is 4.72 Å². The van der Waals surface area contributed by atoms with Crippen LogP contribution in [0.15, 0.2) is 29.2 Å². The van der Waals surface area contributed by atoms with Crippen molar-refractivity contribution in [3.63, 3.8) is 0 Å². The predicted octanol–water partition coefficient (Wildman–Crippen LogP) is 2.28. The van der Waals surface area contributed by atoms with Gasteiger partial charge in [0.25, 0.3) is 10.0 Å². The molecule has 1 N–H and O–H groups in total. The molecule has 0 spiro atoms. The summed E-state index contributed by atoms with van der Waals surface area (Å²) in [5.74, 6) is 0.271. The number of carbonyl (C=O) groups is 1. The molecule has 0 unspecified atom stereocenters. The Bertz CT molecular complexity index is 636. The van der Waals surface area contributed by atoms with E-state index >= 15 is 0 Å². The van der Waals surface area contributed by atoms with Crippen molar-refractivity contribution in [3.05, 3.63) is 29.8 Å². The molecule has 114 valence electrons. The van der Waals surface area contributed by atoms with Gasteiger partial charge in [-0.2, -0.15) is 5.26 Å². The topological polar surface area (TPSA) is 87.0 Å². The first-order valence-corrected chi connectivity index (χ1v) is 9.12. The van der Waals surface area contributed by atoms with E-state index in [1.807, 2.05) is 6.07 Å². The molecule has 1 amide bonds. The molecule has 0 bridgehead atoms. The summed E-state index contributed by atoms with van der Waals surface area (Å²) in [7, 11) is -3.93. The lowest BCUT2D eigenvalue weighted by atomic mass is 10.2. The van der Waals surface area contributed by atoms with Crippen LogP contribution in [0.25, 0.3) is 0 Å². The molecule has 1 aromatic rings. The Morgan fingerprint density at radius 2 is 2.19 bits per heavy atom. The van der Waals surface area contributed by atoms with Crippen LogP contribution < -0.4 is 4.72 Å². The van der Waals surface area contributed by atoms with Crippen LogP contribution in [0.3, 0.4) is 0 Å². The van der Waals surface area contributed by atoms with Gasteiger partial charge in [-0.05, 0) is 37.3 Å². The quantitative estimate of drug-likeness (QED) is 0.777. The van der Waals surface area contributed by atoms with E-state index in [4.69, 9.17) is 5.26 Å². The number of rotatable bonds is 7. The third-order valence-electron chi connectivity index (χ3n) is 2.74. The molecule has 5 nitrogen and oxygen atoms in total. The molecule has 0 radical (unpaired) electrons. The van der Waals surface area contributed by atoms with E-state index in [0.717, 1.165) is 18.6 Å². The number of sulfonamides is 1. The number of hydrogen-bond acceptors (Lipinski definition) is 5. The molecule has 1 rings (SSSR count). The number of carbonyl (C=O) groups excluding carboxylic acids is 1. The summed E-state index contributed by atoms with van der Waals surface area (Å²) < 4.78 is 26.2. The van der Waals surface area contributed by atoms with Gasteiger partial charge in [0, 0.05) is 0 Å². The minimum atomic E-state index is -3.93. The van der Waals surface area contributed by atoms with Crippen LogP contribution in [-0.2, 0) is 14.8 Å². The van der Waals surface area contributed by atoms with E-state index in [2.05, 4.69) is 11.6 Å². The Hall–Kier alpha value is -1.52. The number of thioether (sulfide) groups is 1. The second kappa shape index (κ2) is 8.05. The van der Waals surface area contributed by atoms with E-state index in [9.17, 15) is 13.2 Å². The summed E-state index contributed by atoms with van der Waals surface area (Å²) in [6.07, 6.45) is 2.01. The smallest absolute Gasteiger partial charge is 0.264 e. The molecule has 0 fully saturated rings. The molecular formula is C14H18N2O3S2. The fraction of sp³-hybridized carbons (Fsp3) is 0.429. The van der Waals surface area contributed by atoms with Crippen LogP contribution >= 0.6 is 11.8 Å². The first kappa shape index (κ1) is 17.5. The number of nitrogens with one attached hydrogen (secondary N) is 1. The lowest BCUT2D eigenvalue weighted by Crippen LogP contribution is -2.36. The summed E-state index contributed by atoms with van der Waals surface area (Å²) in [5.41, 5.74) is 0.232. The van der Waals surface area contributed by atoms with Gasteiger partial charge in [-0.3, -0.25) is 4.79 Å². The largest absolute Gasteiger partial charge is 0.273 e. The maximum absolute atomic E-state index is 12.1. The minimum absolute atomic E-state index is 0.0827. The second-order valence-corrected chi connectivity index (χ2v) is 7.61. The van der Waals surface area contributed by atoms with Gasteiger partial charge in [0.05, 0.1) is 21.8 Å². The fourth-order valence-electron chi connectivity index (χ4n) is 1.49. The number of nitriles is 1. The maximum atomic E-state index is 12.1. The number of benzene rings is 1. The second-order valence-electron chi connectivity index (χ2n) is 4.48. The molecule has 0 saturated carbocycles. The van der Waals surface area contributed by atoms with Gasteiger partial charge >= 0.3 is 0 Å². The predicted molar refractivity (Wildman–Crippen MR) is 83.3 cm³/mol. The highest BCUT2D eigenvalue weighted by molar-refractivity contribution is 8.00. The number of hydrogen-bond donors (Lipinski definition) is 1. The van der Waals surface area contributed by atoms with Crippen molar-refractivity contribution >= 4 is 27.7 Å². The Labute approximate surface area is 129 Å². The summed E-state index contributed by atoms with van der Waals surface area (Å²) in [5, 5.41) is 8.34. The van der Waals surface area contributed by atoms with Crippen LogP contribution in [0.1, 0.15) is 32.3 Å². The number of unbranched alkanes of at least 4 members (excludes halogenated alkanes) is 1. The van der Waals surface area contributed by atoms with Gasteiger partial charge in [0.2, 0.25) is 5.91 Å². The van der Waals surface area contributed by atoms with Crippen molar-refractivity contribution in [3.8, 4) is 6.07 Å². The van der Waals surface area contributed by atoms with Crippen LogP contribution in [0.2, 0.25) is 0 Å². The average molecular weight is 326 g/mol. The summed E-state index contributed by atoms with van der Waals surface area (Å²) in [4.78, 5) is 11.8. The highest BCUT2D eigenvalue weighted by atomic mass is 32.2. The van der Waals surface area contributed by atoms with Crippen LogP contribution in [0, 0.1) is 11.3 Å². The van der Waals surface area contributed by atoms with Crippen molar-refractivity contribution in [2.24, 2.45) is 0 Å². The molecule has 1 atom stereocenters. The zero-order chi connectivity index (χ0) is 15.9. The minimum Gasteiger partial charge on any atom is -0.273 e. The lowest BCUT2D eigenvalue weighted by Gasteiger charge is -2.12. The zero-order valence-electron chi connectivity index (χ0n) is 12.0. The summed E-state index contributed by atoms with van der Waals surface area (Å²) in [6, 6.07) is 7.44. The third-order valence-corrected chi connectivity index (χ3v) is 5.33. The highest BCUT2D eigenvalue weighted by Gasteiger charge is 2.22. The van der Waals surface area contributed by atoms with Crippen molar-refractivity contribution in [1.29, 1.82) is 5.26 Å². The Kier molecular flexibility index (Phi) is 6.72. The van der Waals surface area contributed by atoms with E-state index in [0.29, 0.717) is 0 Å². The molecule has 0 aliphatic rings. The van der Waals surface area contributed by atoms with E-state index in [-0.39, 0.29) is 10.5 Å². The van der Waals surface area contributed by atoms with Crippen LogP contribution in [0.5, 0.6) is 0 Å². The highest BCUT2D eigenvalue weighted by Crippen LogP contribution is 2.15. The zero-order valence-corrected chi connectivity index (χ0v) is 13.6. The summed E-state index contributed by atoms with van der Waals surface area (Å²) >= 11 is 1.42. The van der Waals surface area contributed by atoms with Gasteiger partial charge in [-0.25, -0.2) is 13.1 Å². The van der Waals surface area contributed by atoms with Gasteiger partial charge in [0.1, 0.15) is 0 Å².